The zero-order chi connectivity index (χ0) is 26.4. The number of anilines is 1. The van der Waals surface area contributed by atoms with Gasteiger partial charge < -0.3 is 19.4 Å². The fourth-order valence-electron chi connectivity index (χ4n) is 4.27. The molecule has 194 valence electrons. The molecule has 1 aromatic heterocycles. The number of hydrogen-bond donors (Lipinski definition) is 0. The van der Waals surface area contributed by atoms with E-state index in [2.05, 4.69) is 15.1 Å². The number of piperazine rings is 1. The summed E-state index contributed by atoms with van der Waals surface area (Å²) in [6.45, 7) is 6.16. The molecular weight excluding hydrogens is 473 g/mol. The summed E-state index contributed by atoms with van der Waals surface area (Å²) in [5.41, 5.74) is 2.46. The van der Waals surface area contributed by atoms with Crippen LogP contribution in [0.3, 0.4) is 0 Å². The molecule has 37 heavy (non-hydrogen) atoms. The first-order chi connectivity index (χ1) is 17.8. The molecule has 0 radical (unpaired) electrons. The largest absolute Gasteiger partial charge is 0.497 e. The van der Waals surface area contributed by atoms with E-state index < -0.39 is 0 Å². The Morgan fingerprint density at radius 3 is 2.35 bits per heavy atom. The number of benzene rings is 2. The van der Waals surface area contributed by atoms with Crippen molar-refractivity contribution in [3.8, 4) is 17.0 Å². The minimum atomic E-state index is -0.334. The van der Waals surface area contributed by atoms with E-state index in [0.29, 0.717) is 26.2 Å². The zero-order valence-corrected chi connectivity index (χ0v) is 21.4. The average molecular weight is 506 g/mol. The van der Waals surface area contributed by atoms with E-state index in [-0.39, 0.29) is 36.6 Å². The van der Waals surface area contributed by atoms with Gasteiger partial charge in [-0.15, -0.1) is 10.2 Å². The van der Waals surface area contributed by atoms with Crippen molar-refractivity contribution in [1.82, 2.24) is 20.0 Å². The van der Waals surface area contributed by atoms with Gasteiger partial charge in [-0.3, -0.25) is 9.59 Å². The molecule has 0 unspecified atom stereocenters. The van der Waals surface area contributed by atoms with Crippen LogP contribution in [0.1, 0.15) is 19.4 Å². The molecule has 0 atom stereocenters. The molecule has 2 aromatic carbocycles. The normalized spacial score (nSPS) is 13.5. The van der Waals surface area contributed by atoms with Gasteiger partial charge in [0.1, 0.15) is 18.1 Å². The van der Waals surface area contributed by atoms with Gasteiger partial charge in [0.2, 0.25) is 11.8 Å². The second-order valence-electron chi connectivity index (χ2n) is 9.35. The third kappa shape index (κ3) is 6.61. The lowest BCUT2D eigenvalue weighted by Crippen LogP contribution is -2.52. The van der Waals surface area contributed by atoms with Crippen molar-refractivity contribution in [2.45, 2.75) is 20.4 Å². The van der Waals surface area contributed by atoms with Crippen molar-refractivity contribution in [1.29, 1.82) is 0 Å². The quantitative estimate of drug-likeness (QED) is 0.465. The lowest BCUT2D eigenvalue weighted by molar-refractivity contribution is -0.143. The highest BCUT2D eigenvalue weighted by atomic mass is 19.1. The number of amides is 2. The van der Waals surface area contributed by atoms with Crippen LogP contribution < -0.4 is 9.64 Å². The number of methoxy groups -OCH3 is 1. The Morgan fingerprint density at radius 1 is 1.00 bits per heavy atom. The summed E-state index contributed by atoms with van der Waals surface area (Å²) in [5.74, 6) is 0.725. The highest BCUT2D eigenvalue weighted by molar-refractivity contribution is 5.85. The summed E-state index contributed by atoms with van der Waals surface area (Å²) in [5, 5.41) is 8.78. The van der Waals surface area contributed by atoms with Gasteiger partial charge in [0.15, 0.2) is 5.82 Å². The van der Waals surface area contributed by atoms with Crippen LogP contribution in [0.25, 0.3) is 11.3 Å². The standard InChI is InChI=1S/C28H32FN5O3/c1-20(2)28(36)34(18-21-7-9-23(29)10-8-21)19-27(35)33-15-13-32(14-16-33)26-12-11-25(30-31-26)22-5-4-6-24(17-22)37-3/h4-12,17,20H,13-16,18-19H2,1-3H3. The predicted octanol–water partition coefficient (Wildman–Crippen LogP) is 3.62. The highest BCUT2D eigenvalue weighted by Gasteiger charge is 2.26. The van der Waals surface area contributed by atoms with E-state index in [0.717, 1.165) is 28.4 Å². The van der Waals surface area contributed by atoms with Crippen LogP contribution in [-0.4, -0.2) is 71.6 Å². The lowest BCUT2D eigenvalue weighted by atomic mass is 10.1. The molecule has 9 heteroatoms. The monoisotopic (exact) mass is 505 g/mol. The molecule has 2 amide bonds. The number of ether oxygens (including phenoxy) is 1. The number of nitrogens with zero attached hydrogens (tertiary/aromatic N) is 5. The Bertz CT molecular complexity index is 1210. The third-order valence-electron chi connectivity index (χ3n) is 6.39. The topological polar surface area (TPSA) is 78.9 Å². The Kier molecular flexibility index (Phi) is 8.32. The number of halogens is 1. The molecule has 4 rings (SSSR count). The second kappa shape index (κ2) is 11.8. The molecule has 0 aliphatic carbocycles. The van der Waals surface area contributed by atoms with Gasteiger partial charge in [-0.2, -0.15) is 0 Å². The number of carbonyl (C=O) groups is 2. The van der Waals surface area contributed by atoms with Crippen molar-refractivity contribution < 1.29 is 18.7 Å². The van der Waals surface area contributed by atoms with Gasteiger partial charge in [0, 0.05) is 44.2 Å². The predicted molar refractivity (Wildman–Crippen MR) is 139 cm³/mol. The summed E-state index contributed by atoms with van der Waals surface area (Å²) in [6, 6.07) is 17.5. The minimum Gasteiger partial charge on any atom is -0.497 e. The van der Waals surface area contributed by atoms with E-state index in [1.54, 1.807) is 29.0 Å². The van der Waals surface area contributed by atoms with Crippen LogP contribution >= 0.6 is 0 Å². The van der Waals surface area contributed by atoms with Gasteiger partial charge >= 0.3 is 0 Å². The van der Waals surface area contributed by atoms with E-state index in [1.807, 2.05) is 50.2 Å². The smallest absolute Gasteiger partial charge is 0.242 e. The average Bonchev–Trinajstić information content (AvgIpc) is 2.93. The Hall–Kier alpha value is -4.01. The molecule has 2 heterocycles. The van der Waals surface area contributed by atoms with E-state index in [4.69, 9.17) is 4.74 Å². The molecule has 0 N–H and O–H groups in total. The Labute approximate surface area is 216 Å². The first kappa shape index (κ1) is 26.1. The van der Waals surface area contributed by atoms with Crippen LogP contribution in [0, 0.1) is 11.7 Å². The number of hydrogen-bond acceptors (Lipinski definition) is 6. The van der Waals surface area contributed by atoms with E-state index in [9.17, 15) is 14.0 Å². The number of carbonyl (C=O) groups excluding carboxylic acids is 2. The van der Waals surface area contributed by atoms with Gasteiger partial charge in [0.25, 0.3) is 0 Å². The summed E-state index contributed by atoms with van der Waals surface area (Å²) < 4.78 is 18.6. The molecular formula is C28H32FN5O3. The SMILES string of the molecule is COc1cccc(-c2ccc(N3CCN(C(=O)CN(Cc4ccc(F)cc4)C(=O)C(C)C)CC3)nn2)c1. The maximum atomic E-state index is 13.3. The van der Waals surface area contributed by atoms with Crippen molar-refractivity contribution >= 4 is 17.6 Å². The van der Waals surface area contributed by atoms with Crippen LogP contribution in [0.5, 0.6) is 5.75 Å². The van der Waals surface area contributed by atoms with Gasteiger partial charge in [-0.1, -0.05) is 38.1 Å². The van der Waals surface area contributed by atoms with Crippen molar-refractivity contribution in [3.05, 3.63) is 72.0 Å². The van der Waals surface area contributed by atoms with Crippen molar-refractivity contribution in [2.75, 3.05) is 44.7 Å². The van der Waals surface area contributed by atoms with Gasteiger partial charge in [-0.05, 0) is 42.0 Å². The van der Waals surface area contributed by atoms with Crippen molar-refractivity contribution in [2.24, 2.45) is 5.92 Å². The number of aromatic nitrogens is 2. The zero-order valence-electron chi connectivity index (χ0n) is 21.4. The van der Waals surface area contributed by atoms with Crippen LogP contribution in [-0.2, 0) is 16.1 Å². The maximum Gasteiger partial charge on any atom is 0.242 e. The second-order valence-corrected chi connectivity index (χ2v) is 9.35. The summed E-state index contributed by atoms with van der Waals surface area (Å²) in [7, 11) is 1.63. The van der Waals surface area contributed by atoms with E-state index >= 15 is 0 Å². The molecule has 0 bridgehead atoms. The highest BCUT2D eigenvalue weighted by Crippen LogP contribution is 2.23. The molecule has 1 aliphatic heterocycles. The Balaban J connectivity index is 1.35. The fraction of sp³-hybridized carbons (Fsp3) is 0.357. The number of rotatable bonds is 8. The van der Waals surface area contributed by atoms with Crippen LogP contribution in [0.15, 0.2) is 60.7 Å². The third-order valence-corrected chi connectivity index (χ3v) is 6.39. The minimum absolute atomic E-state index is 0.0105. The van der Waals surface area contributed by atoms with Crippen molar-refractivity contribution in [3.63, 3.8) is 0 Å². The lowest BCUT2D eigenvalue weighted by Gasteiger charge is -2.36. The fourth-order valence-corrected chi connectivity index (χ4v) is 4.27. The van der Waals surface area contributed by atoms with Gasteiger partial charge in [-0.25, -0.2) is 4.39 Å². The first-order valence-corrected chi connectivity index (χ1v) is 12.4. The molecule has 8 nitrogen and oxygen atoms in total. The molecule has 1 aliphatic rings. The summed E-state index contributed by atoms with van der Waals surface area (Å²) >= 11 is 0. The first-order valence-electron chi connectivity index (χ1n) is 12.4. The molecule has 0 spiro atoms. The molecule has 3 aromatic rings. The summed E-state index contributed by atoms with van der Waals surface area (Å²) in [6.07, 6.45) is 0. The van der Waals surface area contributed by atoms with Crippen LogP contribution in [0.4, 0.5) is 10.2 Å². The summed E-state index contributed by atoms with van der Waals surface area (Å²) in [4.78, 5) is 31.3. The van der Waals surface area contributed by atoms with E-state index in [1.165, 1.54) is 12.1 Å². The molecule has 1 fully saturated rings. The Morgan fingerprint density at radius 2 is 1.73 bits per heavy atom. The molecule has 1 saturated heterocycles. The molecule has 0 saturated carbocycles. The van der Waals surface area contributed by atoms with Crippen LogP contribution in [0.2, 0.25) is 0 Å². The van der Waals surface area contributed by atoms with Gasteiger partial charge in [0.05, 0.1) is 12.8 Å². The maximum absolute atomic E-state index is 13.3.